The number of nitrogens with two attached hydrogens (primary N) is 1. The topological polar surface area (TPSA) is 86.3 Å². The first-order valence-electron chi connectivity index (χ1n) is 28.2. The van der Waals surface area contributed by atoms with Gasteiger partial charge in [0.05, 0.1) is 17.8 Å². The molecule has 0 bridgehead atoms. The zero-order valence-corrected chi connectivity index (χ0v) is 43.8. The molecule has 0 radical (unpaired) electrons. The number of unbranched alkanes of at least 4 members (excludes halogenated alkanes) is 24. The monoisotopic (exact) mass is 909 g/mol. The summed E-state index contributed by atoms with van der Waals surface area (Å²) in [4.78, 5) is 42.0. The number of rotatable bonds is 47. The molecule has 0 aliphatic carbocycles. The van der Waals surface area contributed by atoms with Crippen molar-refractivity contribution in [1.29, 1.82) is 0 Å². The van der Waals surface area contributed by atoms with E-state index < -0.39 is 5.54 Å². The van der Waals surface area contributed by atoms with Crippen molar-refractivity contribution in [2.24, 2.45) is 17.8 Å². The highest BCUT2D eigenvalue weighted by Gasteiger charge is 2.44. The third-order valence-corrected chi connectivity index (χ3v) is 14.2. The van der Waals surface area contributed by atoms with Crippen LogP contribution in [-0.2, 0) is 23.9 Å². The molecule has 6 heteroatoms. The van der Waals surface area contributed by atoms with Crippen LogP contribution in [0.2, 0.25) is 0 Å². The SMILES string of the molecule is CCCCCCCCCC(CCCCCCCCC)C(=O)OCC[NH2+]C(CCC)(COC(=O)C(CCCCCCCCC)CCCCCCCCC)[C@@H](C)C(=O)C/C=C/c1ccccc1. The molecule has 376 valence electrons. The second kappa shape index (κ2) is 42.9. The van der Waals surface area contributed by atoms with Gasteiger partial charge in [-0.05, 0) is 38.2 Å². The van der Waals surface area contributed by atoms with Crippen LogP contribution in [0.3, 0.4) is 0 Å². The lowest BCUT2D eigenvalue weighted by molar-refractivity contribution is -0.735. The van der Waals surface area contributed by atoms with Gasteiger partial charge in [0.25, 0.3) is 0 Å². The van der Waals surface area contributed by atoms with Gasteiger partial charge in [0.1, 0.15) is 31.1 Å². The number of allylic oxidation sites excluding steroid dienone is 1. The second-order valence-corrected chi connectivity index (χ2v) is 20.0. The number of ether oxygens (including phenoxy) is 2. The van der Waals surface area contributed by atoms with Crippen molar-refractivity contribution >= 4 is 23.8 Å². The zero-order valence-electron chi connectivity index (χ0n) is 43.8. The van der Waals surface area contributed by atoms with Gasteiger partial charge in [-0.15, -0.1) is 0 Å². The van der Waals surface area contributed by atoms with Crippen LogP contribution in [0, 0.1) is 17.8 Å². The molecule has 0 amide bonds. The van der Waals surface area contributed by atoms with Crippen molar-refractivity contribution in [2.45, 2.75) is 272 Å². The van der Waals surface area contributed by atoms with Gasteiger partial charge in [-0.3, -0.25) is 14.4 Å². The van der Waals surface area contributed by atoms with E-state index in [0.29, 0.717) is 13.0 Å². The third kappa shape index (κ3) is 31.3. The first kappa shape index (κ1) is 60.5. The molecular formula is C59H106NO5+. The van der Waals surface area contributed by atoms with E-state index >= 15 is 0 Å². The van der Waals surface area contributed by atoms with Crippen molar-refractivity contribution in [3.63, 3.8) is 0 Å². The highest BCUT2D eigenvalue weighted by Crippen LogP contribution is 2.27. The summed E-state index contributed by atoms with van der Waals surface area (Å²) in [5, 5.41) is 2.20. The molecule has 1 aromatic carbocycles. The van der Waals surface area contributed by atoms with Gasteiger partial charge < -0.3 is 14.8 Å². The summed E-state index contributed by atoms with van der Waals surface area (Å²) in [6.07, 6.45) is 43.9. The molecule has 0 spiro atoms. The summed E-state index contributed by atoms with van der Waals surface area (Å²) >= 11 is 0. The Bertz CT molecular complexity index is 1240. The second-order valence-electron chi connectivity index (χ2n) is 20.0. The number of ketones is 1. The Labute approximate surface area is 402 Å². The number of carbonyl (C=O) groups is 3. The number of hydrogen-bond donors (Lipinski definition) is 1. The van der Waals surface area contributed by atoms with E-state index in [-0.39, 0.29) is 48.7 Å². The summed E-state index contributed by atoms with van der Waals surface area (Å²) in [6.45, 7) is 14.2. The van der Waals surface area contributed by atoms with Gasteiger partial charge in [-0.1, -0.05) is 263 Å². The molecule has 1 rings (SSSR count). The molecule has 6 nitrogen and oxygen atoms in total. The van der Waals surface area contributed by atoms with Crippen molar-refractivity contribution in [2.75, 3.05) is 19.8 Å². The lowest BCUT2D eigenvalue weighted by Gasteiger charge is -2.36. The van der Waals surface area contributed by atoms with E-state index in [1.807, 2.05) is 49.4 Å². The highest BCUT2D eigenvalue weighted by molar-refractivity contribution is 5.84. The molecule has 0 heterocycles. The predicted octanol–water partition coefficient (Wildman–Crippen LogP) is 16.3. The number of esters is 2. The molecule has 1 aromatic rings. The summed E-state index contributed by atoms with van der Waals surface area (Å²) in [7, 11) is 0. The summed E-state index contributed by atoms with van der Waals surface area (Å²) in [5.74, 6) is -0.531. The third-order valence-electron chi connectivity index (χ3n) is 14.2. The molecule has 2 atom stereocenters. The average Bonchev–Trinajstić information content (AvgIpc) is 3.31. The molecule has 0 aromatic heterocycles. The van der Waals surface area contributed by atoms with E-state index in [1.165, 1.54) is 141 Å². The van der Waals surface area contributed by atoms with Crippen molar-refractivity contribution < 1.29 is 29.2 Å². The maximum absolute atomic E-state index is 14.2. The largest absolute Gasteiger partial charge is 0.459 e. The zero-order chi connectivity index (χ0) is 47.5. The Morgan fingerprint density at radius 2 is 0.908 bits per heavy atom. The molecule has 2 N–H and O–H groups in total. The highest BCUT2D eigenvalue weighted by atomic mass is 16.5. The normalized spacial score (nSPS) is 13.2. The van der Waals surface area contributed by atoms with E-state index in [0.717, 1.165) is 82.6 Å². The summed E-state index contributed by atoms with van der Waals surface area (Å²) in [6, 6.07) is 10.1. The fraction of sp³-hybridized carbons (Fsp3) is 0.814. The van der Waals surface area contributed by atoms with E-state index in [1.54, 1.807) is 0 Å². The van der Waals surface area contributed by atoms with Gasteiger partial charge in [0.2, 0.25) is 0 Å². The Kier molecular flexibility index (Phi) is 39.9. The Hall–Kier alpha value is -2.47. The maximum atomic E-state index is 14.2. The van der Waals surface area contributed by atoms with Gasteiger partial charge in [-0.2, -0.15) is 0 Å². The maximum Gasteiger partial charge on any atom is 0.309 e. The van der Waals surface area contributed by atoms with Gasteiger partial charge >= 0.3 is 11.9 Å². The predicted molar refractivity (Wildman–Crippen MR) is 278 cm³/mol. The fourth-order valence-corrected chi connectivity index (χ4v) is 9.69. The van der Waals surface area contributed by atoms with Crippen LogP contribution < -0.4 is 5.32 Å². The lowest BCUT2D eigenvalue weighted by atomic mass is 9.78. The van der Waals surface area contributed by atoms with Crippen LogP contribution >= 0.6 is 0 Å². The van der Waals surface area contributed by atoms with Gasteiger partial charge in [0, 0.05) is 12.8 Å². The van der Waals surface area contributed by atoms with Gasteiger partial charge in [0.15, 0.2) is 0 Å². The Morgan fingerprint density at radius 3 is 1.31 bits per heavy atom. The van der Waals surface area contributed by atoms with E-state index in [2.05, 4.69) is 39.9 Å². The molecule has 0 saturated heterocycles. The lowest BCUT2D eigenvalue weighted by Crippen LogP contribution is -3.00. The average molecular weight is 909 g/mol. The standard InChI is InChI=1S/C59H105NO5/c1-7-12-16-20-24-28-35-43-54(44-36-29-25-21-17-13-8-2)57(62)64-50-49-60-59(48-11-5,52(6)56(61)47-39-42-53-40-33-32-34-41-53)51-65-58(63)55(45-37-30-26-22-18-14-9-3)46-38-31-27-23-19-15-10-4/h32-34,39-42,52,54-55,60H,7-31,35-38,43-51H2,1-6H3/p+1/b42-39+/t52-,59?/m0/s1. The summed E-state index contributed by atoms with van der Waals surface area (Å²) in [5.41, 5.74) is 0.423. The molecule has 0 fully saturated rings. The number of hydrogen-bond acceptors (Lipinski definition) is 5. The Morgan fingerprint density at radius 1 is 0.523 bits per heavy atom. The molecule has 65 heavy (non-hydrogen) atoms. The van der Waals surface area contributed by atoms with Crippen LogP contribution in [0.1, 0.15) is 272 Å². The Balaban J connectivity index is 3.14. The van der Waals surface area contributed by atoms with Crippen molar-refractivity contribution in [1.82, 2.24) is 0 Å². The molecule has 0 aliphatic rings. The first-order chi connectivity index (χ1) is 31.8. The minimum Gasteiger partial charge on any atom is -0.459 e. The van der Waals surface area contributed by atoms with E-state index in [9.17, 15) is 14.4 Å². The van der Waals surface area contributed by atoms with Crippen LogP contribution in [0.25, 0.3) is 6.08 Å². The number of Topliss-reactive ketones (excluding diaryl/α,β-unsaturated/α-hetero) is 1. The smallest absolute Gasteiger partial charge is 0.309 e. The number of quaternary nitrogens is 1. The van der Waals surface area contributed by atoms with Crippen LogP contribution in [-0.4, -0.2) is 43.0 Å². The van der Waals surface area contributed by atoms with Gasteiger partial charge in [-0.25, -0.2) is 0 Å². The van der Waals surface area contributed by atoms with Crippen LogP contribution in [0.15, 0.2) is 36.4 Å². The molecule has 1 unspecified atom stereocenters. The minimum atomic E-state index is -0.646. The molecule has 0 aliphatic heterocycles. The number of benzene rings is 1. The molecular weight excluding hydrogens is 803 g/mol. The number of carbonyl (C=O) groups excluding carboxylic acids is 3. The quantitative estimate of drug-likeness (QED) is 0.0520. The first-order valence-corrected chi connectivity index (χ1v) is 28.2. The van der Waals surface area contributed by atoms with Crippen LogP contribution in [0.4, 0.5) is 0 Å². The van der Waals surface area contributed by atoms with Crippen molar-refractivity contribution in [3.8, 4) is 0 Å². The molecule has 0 saturated carbocycles. The van der Waals surface area contributed by atoms with Crippen molar-refractivity contribution in [3.05, 3.63) is 42.0 Å². The minimum absolute atomic E-state index is 0.0517. The van der Waals surface area contributed by atoms with E-state index in [4.69, 9.17) is 9.47 Å². The van der Waals surface area contributed by atoms with Crippen LogP contribution in [0.5, 0.6) is 0 Å². The fourth-order valence-electron chi connectivity index (χ4n) is 9.69. The summed E-state index contributed by atoms with van der Waals surface area (Å²) < 4.78 is 12.5.